The monoisotopic (exact) mass is 425 g/mol. The van der Waals surface area contributed by atoms with Crippen LogP contribution in [-0.2, 0) is 0 Å². The van der Waals surface area contributed by atoms with Crippen molar-refractivity contribution in [3.8, 4) is 0 Å². The number of fused-ring (bicyclic) bond motifs is 1. The van der Waals surface area contributed by atoms with E-state index in [1.807, 2.05) is 30.3 Å². The van der Waals surface area contributed by atoms with Crippen LogP contribution in [0.4, 0.5) is 0 Å². The number of benzene rings is 2. The van der Waals surface area contributed by atoms with E-state index in [0.29, 0.717) is 43.1 Å². The van der Waals surface area contributed by atoms with Gasteiger partial charge in [0.1, 0.15) is 6.10 Å². The lowest BCUT2D eigenvalue weighted by Crippen LogP contribution is -2.07. The number of pyridine rings is 1. The molecule has 2 atom stereocenters. The normalized spacial score (nSPS) is 13.9. The van der Waals surface area contributed by atoms with Crippen molar-refractivity contribution in [3.05, 3.63) is 75.4 Å². The third-order valence-electron chi connectivity index (χ3n) is 3.78. The molecule has 0 aliphatic heterocycles. The third-order valence-corrected chi connectivity index (χ3v) is 4.90. The molecule has 0 bridgehead atoms. The Labute approximate surface area is 158 Å². The van der Waals surface area contributed by atoms with E-state index in [9.17, 15) is 10.2 Å². The zero-order valence-electron chi connectivity index (χ0n) is 12.5. The van der Waals surface area contributed by atoms with Gasteiger partial charge in [-0.05, 0) is 29.3 Å². The number of hydrogen-bond donors (Lipinski definition) is 2. The zero-order valence-corrected chi connectivity index (χ0v) is 15.6. The molecule has 0 saturated heterocycles. The first-order valence-corrected chi connectivity index (χ1v) is 9.15. The number of aliphatic hydroxyl groups is 2. The molecule has 1 aromatic heterocycles. The number of aromatic nitrogens is 1. The summed E-state index contributed by atoms with van der Waals surface area (Å²) in [6, 6.07) is 14.2. The van der Waals surface area contributed by atoms with Crippen molar-refractivity contribution < 1.29 is 10.2 Å². The van der Waals surface area contributed by atoms with Crippen molar-refractivity contribution >= 4 is 50.0 Å². The van der Waals surface area contributed by atoms with Crippen molar-refractivity contribution in [2.75, 3.05) is 5.33 Å². The van der Waals surface area contributed by atoms with Crippen molar-refractivity contribution in [3.63, 3.8) is 0 Å². The summed E-state index contributed by atoms with van der Waals surface area (Å²) < 4.78 is 0. The minimum absolute atomic E-state index is 0.344. The van der Waals surface area contributed by atoms with Crippen LogP contribution in [0.2, 0.25) is 10.0 Å². The maximum Gasteiger partial charge on any atom is 0.121 e. The van der Waals surface area contributed by atoms with E-state index in [1.54, 1.807) is 18.2 Å². The van der Waals surface area contributed by atoms with Gasteiger partial charge in [0.2, 0.25) is 0 Å². The molecule has 0 aliphatic rings. The fourth-order valence-electron chi connectivity index (χ4n) is 2.60. The Morgan fingerprint density at radius 3 is 2.42 bits per heavy atom. The van der Waals surface area contributed by atoms with Gasteiger partial charge >= 0.3 is 0 Å². The Morgan fingerprint density at radius 2 is 1.75 bits per heavy atom. The highest BCUT2D eigenvalue weighted by atomic mass is 79.9. The van der Waals surface area contributed by atoms with E-state index in [-0.39, 0.29) is 0 Å². The topological polar surface area (TPSA) is 53.4 Å². The van der Waals surface area contributed by atoms with Gasteiger partial charge in [-0.1, -0.05) is 69.5 Å². The Morgan fingerprint density at radius 1 is 1.04 bits per heavy atom. The number of nitrogens with zero attached hydrogens (tertiary/aromatic N) is 1. The Kier molecular flexibility index (Phi) is 5.42. The van der Waals surface area contributed by atoms with Crippen LogP contribution >= 0.6 is 39.1 Å². The molecule has 0 unspecified atom stereocenters. The number of aliphatic hydroxyl groups excluding tert-OH is 2. The van der Waals surface area contributed by atoms with Crippen LogP contribution in [0.15, 0.2) is 48.5 Å². The van der Waals surface area contributed by atoms with Gasteiger partial charge in [-0.15, -0.1) is 0 Å². The van der Waals surface area contributed by atoms with Gasteiger partial charge in [0.25, 0.3) is 0 Å². The number of hydrogen-bond acceptors (Lipinski definition) is 3. The molecular weight excluding hydrogens is 413 g/mol. The number of alkyl halides is 1. The molecule has 0 aliphatic carbocycles. The van der Waals surface area contributed by atoms with Crippen LogP contribution in [0.25, 0.3) is 10.9 Å². The third kappa shape index (κ3) is 3.44. The van der Waals surface area contributed by atoms with Crippen LogP contribution in [0.1, 0.15) is 29.0 Å². The maximum absolute atomic E-state index is 10.7. The van der Waals surface area contributed by atoms with Crippen LogP contribution in [0.3, 0.4) is 0 Å². The minimum Gasteiger partial charge on any atom is -0.388 e. The predicted molar refractivity (Wildman–Crippen MR) is 101 cm³/mol. The average molecular weight is 427 g/mol. The van der Waals surface area contributed by atoms with Crippen molar-refractivity contribution in [2.24, 2.45) is 0 Å². The van der Waals surface area contributed by atoms with Crippen LogP contribution in [0, 0.1) is 0 Å². The molecule has 0 radical (unpaired) electrons. The summed E-state index contributed by atoms with van der Waals surface area (Å²) in [5.41, 5.74) is 2.26. The van der Waals surface area contributed by atoms with Crippen LogP contribution < -0.4 is 0 Å². The van der Waals surface area contributed by atoms with Gasteiger partial charge in [-0.2, -0.15) is 0 Å². The second kappa shape index (κ2) is 7.38. The molecule has 24 heavy (non-hydrogen) atoms. The lowest BCUT2D eigenvalue weighted by Gasteiger charge is -2.17. The van der Waals surface area contributed by atoms with Gasteiger partial charge in [0, 0.05) is 15.7 Å². The van der Waals surface area contributed by atoms with E-state index >= 15 is 0 Å². The molecule has 3 aromatic rings. The quantitative estimate of drug-likeness (QED) is 0.573. The molecule has 0 spiro atoms. The highest BCUT2D eigenvalue weighted by molar-refractivity contribution is 9.09. The first kappa shape index (κ1) is 17.6. The molecule has 0 saturated carbocycles. The molecule has 0 fully saturated rings. The molecule has 1 heterocycles. The summed E-state index contributed by atoms with van der Waals surface area (Å²) in [5, 5.41) is 22.9. The van der Waals surface area contributed by atoms with Crippen molar-refractivity contribution in [1.82, 2.24) is 4.98 Å². The summed E-state index contributed by atoms with van der Waals surface area (Å²) in [5.74, 6) is 0. The van der Waals surface area contributed by atoms with Crippen molar-refractivity contribution in [2.45, 2.75) is 12.2 Å². The minimum atomic E-state index is -0.913. The smallest absolute Gasteiger partial charge is 0.121 e. The highest BCUT2D eigenvalue weighted by Gasteiger charge is 2.19. The lowest BCUT2D eigenvalue weighted by atomic mass is 9.99. The molecule has 124 valence electrons. The summed E-state index contributed by atoms with van der Waals surface area (Å²) in [7, 11) is 0. The van der Waals surface area contributed by atoms with E-state index in [1.165, 1.54) is 0 Å². The average Bonchev–Trinajstić information content (AvgIpc) is 2.60. The lowest BCUT2D eigenvalue weighted by molar-refractivity contribution is 0.203. The Hall–Kier alpha value is -1.17. The van der Waals surface area contributed by atoms with Crippen LogP contribution in [0.5, 0.6) is 0 Å². The summed E-state index contributed by atoms with van der Waals surface area (Å²) >= 11 is 15.7. The van der Waals surface area contributed by atoms with E-state index in [4.69, 9.17) is 23.2 Å². The number of rotatable bonds is 4. The van der Waals surface area contributed by atoms with Gasteiger partial charge in [0.15, 0.2) is 0 Å². The molecular formula is C18H14BrCl2NO2. The van der Waals surface area contributed by atoms with Crippen molar-refractivity contribution in [1.29, 1.82) is 0 Å². The standard InChI is InChI=1S/C18H14BrCl2NO2/c19-9-16(23)12-8-15(18(24)10-4-2-1-3-5-10)22-17-13(12)6-11(20)7-14(17)21/h1-8,16,18,23-24H,9H2/t16-,18+/m0/s1. The maximum atomic E-state index is 10.7. The fraction of sp³-hybridized carbons (Fsp3) is 0.167. The van der Waals surface area contributed by atoms with E-state index in [2.05, 4.69) is 20.9 Å². The molecule has 0 amide bonds. The summed E-state index contributed by atoms with van der Waals surface area (Å²) in [6.07, 6.45) is -1.68. The highest BCUT2D eigenvalue weighted by Crippen LogP contribution is 2.34. The van der Waals surface area contributed by atoms with Gasteiger partial charge in [-0.25, -0.2) is 4.98 Å². The summed E-state index contributed by atoms with van der Waals surface area (Å²) in [6.45, 7) is 0. The summed E-state index contributed by atoms with van der Waals surface area (Å²) in [4.78, 5) is 4.50. The SMILES string of the molecule is O[C@H](c1ccccc1)c1cc([C@@H](O)CBr)c2cc(Cl)cc(Cl)c2n1. The largest absolute Gasteiger partial charge is 0.388 e. The zero-order chi connectivity index (χ0) is 17.3. The second-order valence-electron chi connectivity index (χ2n) is 5.40. The van der Waals surface area contributed by atoms with Gasteiger partial charge < -0.3 is 10.2 Å². The fourth-order valence-corrected chi connectivity index (χ4v) is 3.49. The van der Waals surface area contributed by atoms with Gasteiger partial charge in [-0.3, -0.25) is 0 Å². The first-order chi connectivity index (χ1) is 11.5. The molecule has 3 nitrogen and oxygen atoms in total. The molecule has 2 N–H and O–H groups in total. The predicted octanol–water partition coefficient (Wildman–Crippen LogP) is 5.05. The Bertz CT molecular complexity index is 874. The molecule has 6 heteroatoms. The Balaban J connectivity index is 2.23. The first-order valence-electron chi connectivity index (χ1n) is 7.28. The van der Waals surface area contributed by atoms with E-state index in [0.717, 1.165) is 0 Å². The second-order valence-corrected chi connectivity index (χ2v) is 6.89. The van der Waals surface area contributed by atoms with Gasteiger partial charge in [0.05, 0.1) is 22.3 Å². The van der Waals surface area contributed by atoms with Crippen LogP contribution in [-0.4, -0.2) is 20.5 Å². The van der Waals surface area contributed by atoms with E-state index < -0.39 is 12.2 Å². The number of halogens is 3. The molecule has 3 rings (SSSR count). The molecule has 2 aromatic carbocycles.